The quantitative estimate of drug-likeness (QED) is 0.239. The van der Waals surface area contributed by atoms with Gasteiger partial charge in [-0.2, -0.15) is 0 Å². The number of likely N-dealkylation sites (tertiary alicyclic amines) is 1. The summed E-state index contributed by atoms with van der Waals surface area (Å²) in [6, 6.07) is 5.78. The SMILES string of the molecule is COC(=O)C(=C(C)O)N1C[C@H](SSc2cccc3sc([C@@H](C)O)nc23)C1=O. The minimum Gasteiger partial charge on any atom is -0.510 e. The normalized spacial score (nSPS) is 18.9. The molecule has 1 aromatic carbocycles. The number of aromatic nitrogens is 1. The number of carbonyl (C=O) groups excluding carboxylic acids is 2. The van der Waals surface area contributed by atoms with Gasteiger partial charge in [0, 0.05) is 11.4 Å². The molecule has 144 valence electrons. The molecule has 1 aromatic heterocycles. The second kappa shape index (κ2) is 8.09. The summed E-state index contributed by atoms with van der Waals surface area (Å²) < 4.78 is 5.60. The van der Waals surface area contributed by atoms with Crippen LogP contribution in [-0.4, -0.2) is 50.9 Å². The van der Waals surface area contributed by atoms with Gasteiger partial charge in [-0.15, -0.1) is 11.3 Å². The van der Waals surface area contributed by atoms with E-state index in [2.05, 4.69) is 9.72 Å². The van der Waals surface area contributed by atoms with E-state index in [1.165, 1.54) is 51.9 Å². The molecule has 1 saturated heterocycles. The second-order valence-electron chi connectivity index (χ2n) is 5.87. The molecule has 0 bridgehead atoms. The zero-order valence-electron chi connectivity index (χ0n) is 14.8. The van der Waals surface area contributed by atoms with Crippen LogP contribution in [0.2, 0.25) is 0 Å². The molecule has 1 amide bonds. The number of carbonyl (C=O) groups is 2. The van der Waals surface area contributed by atoms with Crippen molar-refractivity contribution < 1.29 is 24.5 Å². The number of ether oxygens (including phenoxy) is 1. The third kappa shape index (κ3) is 3.93. The van der Waals surface area contributed by atoms with Crippen LogP contribution in [0, 0.1) is 0 Å². The van der Waals surface area contributed by atoms with Crippen LogP contribution in [0.15, 0.2) is 34.6 Å². The van der Waals surface area contributed by atoms with E-state index < -0.39 is 12.1 Å². The molecular weight excluding hydrogens is 408 g/mol. The molecule has 0 spiro atoms. The number of thiazole rings is 1. The fourth-order valence-corrected chi connectivity index (χ4v) is 6.01. The van der Waals surface area contributed by atoms with Crippen molar-refractivity contribution in [3.05, 3.63) is 34.7 Å². The van der Waals surface area contributed by atoms with Crippen LogP contribution in [0.4, 0.5) is 0 Å². The fourth-order valence-electron chi connectivity index (χ4n) is 2.51. The number of hydrogen-bond donors (Lipinski definition) is 2. The Bertz CT molecular complexity index is 920. The summed E-state index contributed by atoms with van der Waals surface area (Å²) >= 11 is 1.44. The molecule has 10 heteroatoms. The Kier molecular flexibility index (Phi) is 5.99. The Labute approximate surface area is 167 Å². The maximum atomic E-state index is 12.4. The van der Waals surface area contributed by atoms with Gasteiger partial charge in [0.2, 0.25) is 5.91 Å². The molecular formula is C17H18N2O5S3. The largest absolute Gasteiger partial charge is 0.510 e. The molecule has 27 heavy (non-hydrogen) atoms. The van der Waals surface area contributed by atoms with E-state index in [9.17, 15) is 19.8 Å². The Morgan fingerprint density at radius 3 is 2.81 bits per heavy atom. The number of aliphatic hydroxyl groups excluding tert-OH is 2. The van der Waals surface area contributed by atoms with Crippen molar-refractivity contribution in [1.82, 2.24) is 9.88 Å². The summed E-state index contributed by atoms with van der Waals surface area (Å²) in [7, 11) is 4.02. The Balaban J connectivity index is 1.69. The van der Waals surface area contributed by atoms with Crippen molar-refractivity contribution in [3.63, 3.8) is 0 Å². The van der Waals surface area contributed by atoms with Crippen LogP contribution in [0.5, 0.6) is 0 Å². The molecule has 3 rings (SSSR count). The van der Waals surface area contributed by atoms with Crippen LogP contribution < -0.4 is 0 Å². The summed E-state index contributed by atoms with van der Waals surface area (Å²) in [5.41, 5.74) is 0.688. The third-order valence-electron chi connectivity index (χ3n) is 3.89. The van der Waals surface area contributed by atoms with Gasteiger partial charge in [0.25, 0.3) is 0 Å². The zero-order valence-corrected chi connectivity index (χ0v) is 17.3. The third-order valence-corrected chi connectivity index (χ3v) is 7.79. The van der Waals surface area contributed by atoms with Crippen molar-refractivity contribution in [3.8, 4) is 0 Å². The van der Waals surface area contributed by atoms with Crippen molar-refractivity contribution in [2.24, 2.45) is 0 Å². The number of methoxy groups -OCH3 is 1. The minimum absolute atomic E-state index is 0.118. The molecule has 1 aliphatic rings. The average molecular weight is 427 g/mol. The van der Waals surface area contributed by atoms with Crippen LogP contribution in [0.3, 0.4) is 0 Å². The van der Waals surface area contributed by atoms with Crippen molar-refractivity contribution in [1.29, 1.82) is 0 Å². The van der Waals surface area contributed by atoms with Gasteiger partial charge >= 0.3 is 5.97 Å². The van der Waals surface area contributed by atoms with Crippen LogP contribution in [0.25, 0.3) is 10.2 Å². The highest BCUT2D eigenvalue weighted by Gasteiger charge is 2.43. The van der Waals surface area contributed by atoms with E-state index in [0.717, 1.165) is 15.1 Å². The first-order valence-electron chi connectivity index (χ1n) is 8.03. The highest BCUT2D eigenvalue weighted by Crippen LogP contribution is 2.43. The summed E-state index contributed by atoms with van der Waals surface area (Å²) in [5, 5.41) is 19.7. The summed E-state index contributed by atoms with van der Waals surface area (Å²) in [5.74, 6) is -1.24. The van der Waals surface area contributed by atoms with E-state index in [-0.39, 0.29) is 22.6 Å². The topological polar surface area (TPSA) is 100.0 Å². The number of nitrogens with zero attached hydrogens (tertiary/aromatic N) is 2. The van der Waals surface area contributed by atoms with Gasteiger partial charge in [0.15, 0.2) is 5.70 Å². The number of allylic oxidation sites excluding steroid dienone is 1. The lowest BCUT2D eigenvalue weighted by atomic mass is 10.1. The Morgan fingerprint density at radius 2 is 2.22 bits per heavy atom. The molecule has 0 radical (unpaired) electrons. The predicted molar refractivity (Wildman–Crippen MR) is 107 cm³/mol. The number of amides is 1. The molecule has 1 aliphatic heterocycles. The molecule has 0 saturated carbocycles. The first kappa shape index (κ1) is 20.0. The highest BCUT2D eigenvalue weighted by atomic mass is 33.1. The van der Waals surface area contributed by atoms with Gasteiger partial charge in [-0.05, 0) is 26.0 Å². The van der Waals surface area contributed by atoms with Crippen LogP contribution >= 0.6 is 32.9 Å². The molecule has 7 nitrogen and oxygen atoms in total. The maximum absolute atomic E-state index is 12.4. The molecule has 2 aromatic rings. The monoisotopic (exact) mass is 426 g/mol. The number of esters is 1. The maximum Gasteiger partial charge on any atom is 0.358 e. The number of para-hydroxylation sites is 1. The molecule has 2 heterocycles. The fraction of sp³-hybridized carbons (Fsp3) is 0.353. The van der Waals surface area contributed by atoms with Crippen molar-refractivity contribution >= 4 is 55.0 Å². The molecule has 2 N–H and O–H groups in total. The Morgan fingerprint density at radius 1 is 1.48 bits per heavy atom. The van der Waals surface area contributed by atoms with E-state index in [1.54, 1.807) is 6.92 Å². The number of benzene rings is 1. The van der Waals surface area contributed by atoms with Gasteiger partial charge in [-0.25, -0.2) is 9.78 Å². The first-order chi connectivity index (χ1) is 12.8. The summed E-state index contributed by atoms with van der Waals surface area (Å²) in [6.45, 7) is 3.33. The number of hydrogen-bond acceptors (Lipinski definition) is 9. The van der Waals surface area contributed by atoms with E-state index >= 15 is 0 Å². The smallest absolute Gasteiger partial charge is 0.358 e. The van der Waals surface area contributed by atoms with Crippen LogP contribution in [-0.2, 0) is 14.3 Å². The Hall–Kier alpha value is -1.75. The lowest BCUT2D eigenvalue weighted by Gasteiger charge is -2.37. The van der Waals surface area contributed by atoms with Gasteiger partial charge in [0.05, 0.1) is 17.3 Å². The van der Waals surface area contributed by atoms with E-state index in [4.69, 9.17) is 0 Å². The summed E-state index contributed by atoms with van der Waals surface area (Å²) in [4.78, 5) is 30.8. The minimum atomic E-state index is -0.739. The second-order valence-corrected chi connectivity index (χ2v) is 9.38. The van der Waals surface area contributed by atoms with Gasteiger partial charge in [0.1, 0.15) is 22.1 Å². The van der Waals surface area contributed by atoms with Gasteiger partial charge < -0.3 is 19.8 Å². The van der Waals surface area contributed by atoms with Crippen molar-refractivity contribution in [2.45, 2.75) is 30.1 Å². The van der Waals surface area contributed by atoms with E-state index in [1.807, 2.05) is 18.2 Å². The van der Waals surface area contributed by atoms with Crippen molar-refractivity contribution in [2.75, 3.05) is 13.7 Å². The molecule has 0 aliphatic carbocycles. The number of β-lactam (4-membered cyclic amide) rings is 1. The lowest BCUT2D eigenvalue weighted by molar-refractivity contribution is -0.146. The zero-order chi connectivity index (χ0) is 19.7. The molecule has 0 unspecified atom stereocenters. The predicted octanol–water partition coefficient (Wildman–Crippen LogP) is 3.26. The number of aliphatic hydroxyl groups is 2. The number of fused-ring (bicyclic) bond motifs is 1. The van der Waals surface area contributed by atoms with Crippen LogP contribution in [0.1, 0.15) is 25.0 Å². The first-order valence-corrected chi connectivity index (χ1v) is 11.1. The summed E-state index contributed by atoms with van der Waals surface area (Å²) in [6.07, 6.45) is -0.625. The molecule has 1 fully saturated rings. The van der Waals surface area contributed by atoms with Gasteiger partial charge in [-0.1, -0.05) is 27.7 Å². The molecule has 2 atom stereocenters. The number of rotatable bonds is 6. The lowest BCUT2D eigenvalue weighted by Crippen LogP contribution is -2.55. The highest BCUT2D eigenvalue weighted by molar-refractivity contribution is 8.77. The van der Waals surface area contributed by atoms with Gasteiger partial charge in [-0.3, -0.25) is 4.79 Å². The standard InChI is InChI=1S/C17H18N2O5S3/c1-8(20)14(17(23)24-3)19-7-12(16(19)22)27-26-11-6-4-5-10-13(11)18-15(25-10)9(2)21/h4-6,9,12,20-21H,7H2,1-3H3/t9-,12+/m1/s1. The van der Waals surface area contributed by atoms with E-state index in [0.29, 0.717) is 11.6 Å². The average Bonchev–Trinajstić information content (AvgIpc) is 3.08.